The maximum Gasteiger partial charge on any atom is 1.00 e. The number of rotatable bonds is 5. The zero-order chi connectivity index (χ0) is 19.3. The number of likely N-dealkylation sites (tertiary alicyclic amines) is 1. The fourth-order valence-corrected chi connectivity index (χ4v) is 5.15. The second-order valence-corrected chi connectivity index (χ2v) is 8.58. The van der Waals surface area contributed by atoms with Crippen molar-refractivity contribution < 1.29 is 55.3 Å². The van der Waals surface area contributed by atoms with Gasteiger partial charge < -0.3 is 16.7 Å². The first kappa shape index (κ1) is 21.9. The molecule has 1 saturated carbocycles. The molecule has 0 spiro atoms. The average molecular weight is 480 g/mol. The van der Waals surface area contributed by atoms with Crippen LogP contribution in [-0.4, -0.2) is 73.7 Å². The molecule has 0 bridgehead atoms. The van der Waals surface area contributed by atoms with Crippen molar-refractivity contribution in [2.45, 2.75) is 36.7 Å². The van der Waals surface area contributed by atoms with Gasteiger partial charge in [0.05, 0.1) is 5.33 Å². The van der Waals surface area contributed by atoms with E-state index in [9.17, 15) is 24.3 Å². The zero-order valence-electron chi connectivity index (χ0n) is 16.3. The molecule has 0 aromatic heterocycles. The maximum absolute atomic E-state index is 12.5. The number of nitrogens with one attached hydrogen (secondary N) is 1. The summed E-state index contributed by atoms with van der Waals surface area (Å²) in [5.41, 5.74) is 0.994. The first-order valence-electron chi connectivity index (χ1n) is 8.70. The Morgan fingerprint density at radius 3 is 2.68 bits per heavy atom. The quantitative estimate of drug-likeness (QED) is 0.196. The summed E-state index contributed by atoms with van der Waals surface area (Å²) in [5.74, 6) is -1.61. The molecule has 146 valence electrons. The molecule has 3 heterocycles. The first-order chi connectivity index (χ1) is 12.9. The number of allylic oxidation sites excluding steroid dienone is 1. The van der Waals surface area contributed by atoms with Crippen LogP contribution in [-0.2, 0) is 19.2 Å². The zero-order valence-corrected chi connectivity index (χ0v) is 19.7. The van der Waals surface area contributed by atoms with Crippen LogP contribution in [0.5, 0.6) is 0 Å². The predicted octanol–water partition coefficient (Wildman–Crippen LogP) is -2.44. The number of carboxylic acids is 1. The van der Waals surface area contributed by atoms with Crippen LogP contribution >= 0.6 is 27.7 Å². The Kier molecular flexibility index (Phi) is 6.65. The van der Waals surface area contributed by atoms with Crippen molar-refractivity contribution in [1.82, 2.24) is 15.1 Å². The Morgan fingerprint density at radius 1 is 1.36 bits per heavy atom. The number of alkyl halides is 1. The molecule has 0 aromatic carbocycles. The van der Waals surface area contributed by atoms with Crippen LogP contribution in [0.2, 0.25) is 0 Å². The third-order valence-electron chi connectivity index (χ3n) is 5.13. The van der Waals surface area contributed by atoms with Gasteiger partial charge in [-0.2, -0.15) is 0 Å². The van der Waals surface area contributed by atoms with Crippen molar-refractivity contribution in [1.29, 1.82) is 0 Å². The van der Waals surface area contributed by atoms with Crippen molar-refractivity contribution in [3.63, 3.8) is 0 Å². The van der Waals surface area contributed by atoms with E-state index in [0.29, 0.717) is 35.9 Å². The van der Waals surface area contributed by atoms with Crippen LogP contribution < -0.4 is 34.9 Å². The second kappa shape index (κ2) is 8.51. The molecule has 4 rings (SSSR count). The minimum Gasteiger partial charge on any atom is -1.00 e. The molecule has 4 aliphatic rings. The van der Waals surface area contributed by atoms with E-state index in [2.05, 4.69) is 21.2 Å². The Balaban J connectivity index is 0.00000150. The number of nitrogens with zero attached hydrogens (tertiary/aromatic N) is 2. The molecule has 0 unspecified atom stereocenters. The number of hydrogen-bond acceptors (Lipinski definition) is 5. The van der Waals surface area contributed by atoms with Gasteiger partial charge in [-0.25, -0.2) is 4.79 Å². The molecule has 1 aliphatic carbocycles. The number of carboxylic acid groups (broad SMARTS) is 1. The summed E-state index contributed by atoms with van der Waals surface area (Å²) in [6.07, 6.45) is 4.31. The van der Waals surface area contributed by atoms with Gasteiger partial charge in [-0.15, -0.1) is 11.8 Å². The first-order valence-corrected chi connectivity index (χ1v) is 10.9. The fraction of sp³-hybridized carbons (Fsp3) is 0.529. The fourth-order valence-electron chi connectivity index (χ4n) is 3.68. The number of halogens is 1. The number of aliphatic carboxylic acids is 1. The SMILES string of the molecule is O=C(CBr)N[C@@H]1C(=O)N2C(C(=O)O)=C(/C=C3\CCN(C4CC4)C3=O)CS[C@H]12.[H-].[Na+]. The molecular formula is C17H19BrN3NaO5S. The van der Waals surface area contributed by atoms with E-state index >= 15 is 0 Å². The van der Waals surface area contributed by atoms with E-state index in [0.717, 1.165) is 12.8 Å². The molecule has 0 radical (unpaired) electrons. The average Bonchev–Trinajstić information content (AvgIpc) is 3.43. The van der Waals surface area contributed by atoms with E-state index < -0.39 is 23.3 Å². The number of carbonyl (C=O) groups is 4. The van der Waals surface area contributed by atoms with E-state index in [1.54, 1.807) is 6.08 Å². The number of β-lactam (4-membered cyclic amide) rings is 1. The van der Waals surface area contributed by atoms with Crippen LogP contribution in [0.15, 0.2) is 22.9 Å². The van der Waals surface area contributed by atoms with E-state index in [-0.39, 0.29) is 53.8 Å². The number of hydrogen-bond donors (Lipinski definition) is 2. The minimum atomic E-state index is -1.20. The van der Waals surface area contributed by atoms with Gasteiger partial charge in [-0.1, -0.05) is 15.9 Å². The van der Waals surface area contributed by atoms with Gasteiger partial charge in [0.2, 0.25) is 11.8 Å². The Labute approximate surface area is 198 Å². The van der Waals surface area contributed by atoms with Crippen LogP contribution in [0.25, 0.3) is 0 Å². The van der Waals surface area contributed by atoms with Crippen molar-refractivity contribution >= 4 is 51.4 Å². The van der Waals surface area contributed by atoms with Crippen LogP contribution in [0, 0.1) is 0 Å². The molecule has 0 aromatic rings. The molecule has 2 saturated heterocycles. The van der Waals surface area contributed by atoms with Crippen LogP contribution in [0.1, 0.15) is 20.7 Å². The number of carbonyl (C=O) groups excluding carboxylic acids is 3. The number of fused-ring (bicyclic) bond motifs is 1. The summed E-state index contributed by atoms with van der Waals surface area (Å²) in [5, 5.41) is 11.9. The molecule has 3 fully saturated rings. The van der Waals surface area contributed by atoms with Crippen LogP contribution in [0.3, 0.4) is 0 Å². The van der Waals surface area contributed by atoms with E-state index in [1.807, 2.05) is 4.90 Å². The van der Waals surface area contributed by atoms with Gasteiger partial charge in [-0.05, 0) is 30.9 Å². The third-order valence-corrected chi connectivity index (χ3v) is 6.94. The van der Waals surface area contributed by atoms with E-state index in [4.69, 9.17) is 0 Å². The van der Waals surface area contributed by atoms with Crippen molar-refractivity contribution in [2.24, 2.45) is 0 Å². The summed E-state index contributed by atoms with van der Waals surface area (Å²) < 4.78 is 0. The largest absolute Gasteiger partial charge is 1.00 e. The molecule has 8 nitrogen and oxygen atoms in total. The molecule has 2 N–H and O–H groups in total. The van der Waals surface area contributed by atoms with Gasteiger partial charge >= 0.3 is 35.5 Å². The smallest absolute Gasteiger partial charge is 1.00 e. The predicted molar refractivity (Wildman–Crippen MR) is 102 cm³/mol. The molecule has 3 aliphatic heterocycles. The summed E-state index contributed by atoms with van der Waals surface area (Å²) in [6.45, 7) is 0.671. The van der Waals surface area contributed by atoms with Gasteiger partial charge in [0.15, 0.2) is 0 Å². The third kappa shape index (κ3) is 3.81. The van der Waals surface area contributed by atoms with Gasteiger partial charge in [0.1, 0.15) is 17.1 Å². The van der Waals surface area contributed by atoms with Gasteiger partial charge in [-0.3, -0.25) is 19.3 Å². The van der Waals surface area contributed by atoms with Crippen molar-refractivity contribution in [3.8, 4) is 0 Å². The number of thioether (sulfide) groups is 1. The minimum absolute atomic E-state index is 0. The summed E-state index contributed by atoms with van der Waals surface area (Å²) in [7, 11) is 0. The number of amides is 3. The summed E-state index contributed by atoms with van der Waals surface area (Å²) >= 11 is 4.43. The van der Waals surface area contributed by atoms with Gasteiger partial charge in [0.25, 0.3) is 5.91 Å². The van der Waals surface area contributed by atoms with Crippen LogP contribution in [0.4, 0.5) is 0 Å². The van der Waals surface area contributed by atoms with Crippen molar-refractivity contribution in [2.75, 3.05) is 17.6 Å². The van der Waals surface area contributed by atoms with Gasteiger partial charge in [0, 0.05) is 23.9 Å². The standard InChI is InChI=1S/C17H18BrN3O5S.Na.H/c18-6-11(22)19-12-15(24)21-13(17(25)26)9(7-27-16(12)21)5-8-3-4-20(14(8)23)10-1-2-10;;/h5,10,12,16H,1-4,6-7H2,(H,19,22)(H,25,26);;/q;+1;-1/b8-5+;;/t12-,16-;;/m1../s1. The monoisotopic (exact) mass is 479 g/mol. The Bertz CT molecular complexity index is 819. The topological polar surface area (TPSA) is 107 Å². The Morgan fingerprint density at radius 2 is 2.07 bits per heavy atom. The summed E-state index contributed by atoms with van der Waals surface area (Å²) in [4.78, 5) is 51.4. The maximum atomic E-state index is 12.5. The normalized spacial score (nSPS) is 28.1. The molecule has 2 atom stereocenters. The molecular weight excluding hydrogens is 461 g/mol. The Hall–Kier alpha value is -0.810. The van der Waals surface area contributed by atoms with E-state index in [1.165, 1.54) is 16.7 Å². The molecule has 11 heteroatoms. The summed E-state index contributed by atoms with van der Waals surface area (Å²) in [6, 6.07) is -0.390. The van der Waals surface area contributed by atoms with Crippen molar-refractivity contribution in [3.05, 3.63) is 22.9 Å². The second-order valence-electron chi connectivity index (χ2n) is 6.92. The molecule has 28 heavy (non-hydrogen) atoms. The molecule has 3 amide bonds.